The van der Waals surface area contributed by atoms with Crippen molar-refractivity contribution in [3.8, 4) is 0 Å². The van der Waals surface area contributed by atoms with Gasteiger partial charge in [0.15, 0.2) is 0 Å². The Morgan fingerprint density at radius 3 is 2.48 bits per heavy atom. The first kappa shape index (κ1) is 15.2. The molecule has 0 unspecified atom stereocenters. The number of carbonyl (C=O) groups is 2. The molecule has 1 atom stereocenters. The van der Waals surface area contributed by atoms with E-state index in [4.69, 9.17) is 0 Å². The number of hydrogen-bond donors (Lipinski definition) is 2. The number of nitrogens with one attached hydrogen (secondary N) is 1. The number of carboxylic acid groups (broad SMARTS) is 1. The molecule has 1 aliphatic carbocycles. The first-order valence-electron chi connectivity index (χ1n) is 7.67. The van der Waals surface area contributed by atoms with Gasteiger partial charge in [0, 0.05) is 12.6 Å². The number of pyridine rings is 1. The fraction of sp³-hybridized carbons (Fsp3) is 0.278. The van der Waals surface area contributed by atoms with Crippen molar-refractivity contribution in [2.75, 3.05) is 0 Å². The number of benzene rings is 1. The van der Waals surface area contributed by atoms with Crippen molar-refractivity contribution >= 4 is 11.9 Å². The Morgan fingerprint density at radius 1 is 1.17 bits per heavy atom. The molecule has 1 aromatic heterocycles. The van der Waals surface area contributed by atoms with Gasteiger partial charge in [0.25, 0.3) is 5.91 Å². The van der Waals surface area contributed by atoms with E-state index in [1.807, 2.05) is 36.4 Å². The minimum absolute atomic E-state index is 0.238. The van der Waals surface area contributed by atoms with Crippen LogP contribution in [0.1, 0.15) is 40.4 Å². The molecule has 0 aliphatic heterocycles. The van der Waals surface area contributed by atoms with Crippen molar-refractivity contribution in [1.29, 1.82) is 0 Å². The van der Waals surface area contributed by atoms with Gasteiger partial charge in [0.2, 0.25) is 0 Å². The Labute approximate surface area is 134 Å². The highest BCUT2D eigenvalue weighted by molar-refractivity contribution is 5.95. The van der Waals surface area contributed by atoms with Crippen LogP contribution in [0.15, 0.2) is 48.7 Å². The van der Waals surface area contributed by atoms with Gasteiger partial charge in [-0.15, -0.1) is 0 Å². The largest absolute Gasteiger partial charge is 0.480 e. The van der Waals surface area contributed by atoms with Crippen LogP contribution in [0, 0.1) is 0 Å². The lowest BCUT2D eigenvalue weighted by Gasteiger charge is -2.14. The normalized spacial score (nSPS) is 15.0. The molecule has 1 aromatic carbocycles. The van der Waals surface area contributed by atoms with Gasteiger partial charge in [-0.3, -0.25) is 9.78 Å². The highest BCUT2D eigenvalue weighted by Gasteiger charge is 2.25. The highest BCUT2D eigenvalue weighted by Crippen LogP contribution is 2.39. The second kappa shape index (κ2) is 6.60. The van der Waals surface area contributed by atoms with Gasteiger partial charge in [0.05, 0.1) is 0 Å². The Kier molecular flexibility index (Phi) is 4.37. The third kappa shape index (κ3) is 3.94. The molecule has 23 heavy (non-hydrogen) atoms. The summed E-state index contributed by atoms with van der Waals surface area (Å²) in [6.45, 7) is 0. The highest BCUT2D eigenvalue weighted by atomic mass is 16.4. The molecule has 5 nitrogen and oxygen atoms in total. The maximum atomic E-state index is 12.2. The van der Waals surface area contributed by atoms with E-state index >= 15 is 0 Å². The molecular weight excluding hydrogens is 292 g/mol. The Bertz CT molecular complexity index is 694. The zero-order valence-corrected chi connectivity index (χ0v) is 12.6. The molecular formula is C18H18N2O3. The number of rotatable bonds is 6. The summed E-state index contributed by atoms with van der Waals surface area (Å²) in [7, 11) is 0. The van der Waals surface area contributed by atoms with Crippen molar-refractivity contribution < 1.29 is 14.7 Å². The quantitative estimate of drug-likeness (QED) is 0.858. The van der Waals surface area contributed by atoms with Gasteiger partial charge in [0.1, 0.15) is 11.7 Å². The van der Waals surface area contributed by atoms with Crippen LogP contribution < -0.4 is 5.32 Å². The summed E-state index contributed by atoms with van der Waals surface area (Å²) in [4.78, 5) is 27.8. The minimum atomic E-state index is -1.06. The van der Waals surface area contributed by atoms with E-state index in [1.165, 1.54) is 12.8 Å². The lowest BCUT2D eigenvalue weighted by atomic mass is 10.1. The molecule has 2 aromatic rings. The van der Waals surface area contributed by atoms with Crippen LogP contribution in [0.3, 0.4) is 0 Å². The van der Waals surface area contributed by atoms with Crippen molar-refractivity contribution in [3.63, 3.8) is 0 Å². The number of amides is 1. The van der Waals surface area contributed by atoms with Crippen molar-refractivity contribution in [2.24, 2.45) is 0 Å². The SMILES string of the molecule is O=C(N[C@@H](Cc1ccccc1)C(=O)O)c1ccc(C2CC2)cn1. The van der Waals surface area contributed by atoms with Crippen LogP contribution in [-0.2, 0) is 11.2 Å². The number of hydrogen-bond acceptors (Lipinski definition) is 3. The van der Waals surface area contributed by atoms with E-state index in [1.54, 1.807) is 12.3 Å². The molecule has 0 spiro atoms. The molecule has 1 heterocycles. The van der Waals surface area contributed by atoms with Crippen molar-refractivity contribution in [1.82, 2.24) is 10.3 Å². The number of carbonyl (C=O) groups excluding carboxylic acids is 1. The number of aliphatic carboxylic acids is 1. The van der Waals surface area contributed by atoms with Gasteiger partial charge in [-0.2, -0.15) is 0 Å². The van der Waals surface area contributed by atoms with Crippen LogP contribution in [0.5, 0.6) is 0 Å². The van der Waals surface area contributed by atoms with Crippen molar-refractivity contribution in [3.05, 3.63) is 65.5 Å². The molecule has 2 N–H and O–H groups in total. The second-order valence-electron chi connectivity index (χ2n) is 5.81. The molecule has 1 aliphatic rings. The Morgan fingerprint density at radius 2 is 1.91 bits per heavy atom. The molecule has 0 bridgehead atoms. The van der Waals surface area contributed by atoms with E-state index in [0.29, 0.717) is 5.92 Å². The number of carboxylic acids is 1. The van der Waals surface area contributed by atoms with Gasteiger partial charge >= 0.3 is 5.97 Å². The first-order valence-corrected chi connectivity index (χ1v) is 7.67. The van der Waals surface area contributed by atoms with Crippen LogP contribution in [0.2, 0.25) is 0 Å². The van der Waals surface area contributed by atoms with E-state index in [0.717, 1.165) is 11.1 Å². The molecule has 0 radical (unpaired) electrons. The fourth-order valence-corrected chi connectivity index (χ4v) is 2.48. The van der Waals surface area contributed by atoms with Crippen LogP contribution in [0.4, 0.5) is 0 Å². The number of nitrogens with zero attached hydrogens (tertiary/aromatic N) is 1. The lowest BCUT2D eigenvalue weighted by Crippen LogP contribution is -2.42. The standard InChI is InChI=1S/C18H18N2O3/c21-17(15-9-8-14(11-19-15)13-6-7-13)20-16(18(22)23)10-12-4-2-1-3-5-12/h1-5,8-9,11,13,16H,6-7,10H2,(H,20,21)(H,22,23)/t16-/m0/s1. The zero-order valence-electron chi connectivity index (χ0n) is 12.6. The lowest BCUT2D eigenvalue weighted by molar-refractivity contribution is -0.139. The summed E-state index contributed by atoms with van der Waals surface area (Å²) in [5, 5.41) is 11.9. The summed E-state index contributed by atoms with van der Waals surface area (Å²) < 4.78 is 0. The van der Waals surface area contributed by atoms with Gasteiger partial charge in [-0.05, 0) is 36.0 Å². The molecule has 1 fully saturated rings. The maximum absolute atomic E-state index is 12.2. The average molecular weight is 310 g/mol. The van der Waals surface area contributed by atoms with Gasteiger partial charge < -0.3 is 10.4 Å². The topological polar surface area (TPSA) is 79.3 Å². The predicted octanol–water partition coefficient (Wildman–Crippen LogP) is 2.38. The van der Waals surface area contributed by atoms with Gasteiger partial charge in [-0.1, -0.05) is 36.4 Å². The van der Waals surface area contributed by atoms with Crippen LogP contribution >= 0.6 is 0 Å². The first-order chi connectivity index (χ1) is 11.1. The number of aromatic nitrogens is 1. The summed E-state index contributed by atoms with van der Waals surface area (Å²) in [5.74, 6) is -0.947. The monoisotopic (exact) mass is 310 g/mol. The second-order valence-corrected chi connectivity index (χ2v) is 5.81. The minimum Gasteiger partial charge on any atom is -0.480 e. The zero-order chi connectivity index (χ0) is 16.2. The van der Waals surface area contributed by atoms with E-state index < -0.39 is 17.9 Å². The molecule has 118 valence electrons. The van der Waals surface area contributed by atoms with Gasteiger partial charge in [-0.25, -0.2) is 4.79 Å². The Balaban J connectivity index is 1.66. The third-order valence-corrected chi connectivity index (χ3v) is 3.95. The summed E-state index contributed by atoms with van der Waals surface area (Å²) in [5.41, 5.74) is 2.24. The van der Waals surface area contributed by atoms with Crippen LogP contribution in [-0.4, -0.2) is 28.0 Å². The molecule has 1 amide bonds. The fourth-order valence-electron chi connectivity index (χ4n) is 2.48. The third-order valence-electron chi connectivity index (χ3n) is 3.95. The predicted molar refractivity (Wildman–Crippen MR) is 85.2 cm³/mol. The van der Waals surface area contributed by atoms with E-state index in [-0.39, 0.29) is 12.1 Å². The summed E-state index contributed by atoms with van der Waals surface area (Å²) >= 11 is 0. The van der Waals surface area contributed by atoms with E-state index in [2.05, 4.69) is 10.3 Å². The average Bonchev–Trinajstić information content (AvgIpc) is 3.40. The molecule has 3 rings (SSSR count). The summed E-state index contributed by atoms with van der Waals surface area (Å²) in [6.07, 6.45) is 4.29. The van der Waals surface area contributed by atoms with Crippen LogP contribution in [0.25, 0.3) is 0 Å². The molecule has 0 saturated heterocycles. The Hall–Kier alpha value is -2.69. The summed E-state index contributed by atoms with van der Waals surface area (Å²) in [6, 6.07) is 11.8. The van der Waals surface area contributed by atoms with Crippen molar-refractivity contribution in [2.45, 2.75) is 31.2 Å². The molecule has 1 saturated carbocycles. The maximum Gasteiger partial charge on any atom is 0.326 e. The van der Waals surface area contributed by atoms with E-state index in [9.17, 15) is 14.7 Å². The smallest absolute Gasteiger partial charge is 0.326 e. The molecule has 5 heteroatoms.